The lowest BCUT2D eigenvalue weighted by Crippen LogP contribution is -2.51. The van der Waals surface area contributed by atoms with E-state index in [1.54, 1.807) is 0 Å². The van der Waals surface area contributed by atoms with Crippen LogP contribution < -0.4 is 5.32 Å². The van der Waals surface area contributed by atoms with Crippen molar-refractivity contribution in [3.63, 3.8) is 0 Å². The molecule has 0 aliphatic rings. The second kappa shape index (κ2) is 7.60. The molecule has 0 amide bonds. The fourth-order valence-electron chi connectivity index (χ4n) is 1.47. The lowest BCUT2D eigenvalue weighted by atomic mass is 10.0. The van der Waals surface area contributed by atoms with E-state index in [1.807, 2.05) is 19.0 Å². The van der Waals surface area contributed by atoms with E-state index in [-0.39, 0.29) is 12.6 Å². The minimum Gasteiger partial charge on any atom is -0.480 e. The Bertz CT molecular complexity index is 207. The highest BCUT2D eigenvalue weighted by atomic mass is 16.5. The van der Waals surface area contributed by atoms with Crippen molar-refractivity contribution in [3.05, 3.63) is 0 Å². The molecule has 0 aliphatic heterocycles. The molecule has 0 aromatic rings. The second-order valence-corrected chi connectivity index (χ2v) is 4.63. The topological polar surface area (TPSA) is 61.8 Å². The normalized spacial score (nSPS) is 15.4. The molecule has 16 heavy (non-hydrogen) atoms. The van der Waals surface area contributed by atoms with Gasteiger partial charge in [0, 0.05) is 19.7 Å². The average molecular weight is 232 g/mol. The Hall–Kier alpha value is -0.650. The van der Waals surface area contributed by atoms with Gasteiger partial charge in [-0.25, -0.2) is 0 Å². The van der Waals surface area contributed by atoms with Crippen molar-refractivity contribution in [2.24, 2.45) is 5.92 Å². The van der Waals surface area contributed by atoms with Crippen molar-refractivity contribution in [3.8, 4) is 0 Å². The van der Waals surface area contributed by atoms with Gasteiger partial charge in [0.15, 0.2) is 0 Å². The van der Waals surface area contributed by atoms with E-state index in [1.165, 1.54) is 7.11 Å². The maximum absolute atomic E-state index is 11.0. The first-order chi connectivity index (χ1) is 7.38. The molecule has 0 rings (SSSR count). The number of aliphatic carboxylic acids is 1. The zero-order valence-corrected chi connectivity index (χ0v) is 10.9. The van der Waals surface area contributed by atoms with Crippen molar-refractivity contribution in [1.82, 2.24) is 10.2 Å². The molecule has 0 spiro atoms. The van der Waals surface area contributed by atoms with Crippen LogP contribution in [-0.2, 0) is 9.53 Å². The number of nitrogens with one attached hydrogen (secondary N) is 1. The third-order valence-corrected chi connectivity index (χ3v) is 2.41. The second-order valence-electron chi connectivity index (χ2n) is 4.63. The van der Waals surface area contributed by atoms with Crippen LogP contribution in [0.25, 0.3) is 0 Å². The molecule has 5 nitrogen and oxygen atoms in total. The van der Waals surface area contributed by atoms with Crippen LogP contribution in [0, 0.1) is 5.92 Å². The van der Waals surface area contributed by atoms with Crippen LogP contribution >= 0.6 is 0 Å². The molecule has 0 saturated carbocycles. The van der Waals surface area contributed by atoms with Gasteiger partial charge < -0.3 is 14.7 Å². The molecule has 0 aromatic carbocycles. The van der Waals surface area contributed by atoms with E-state index in [2.05, 4.69) is 19.2 Å². The molecule has 0 bridgehead atoms. The maximum Gasteiger partial charge on any atom is 0.323 e. The Morgan fingerprint density at radius 1 is 1.44 bits per heavy atom. The summed E-state index contributed by atoms with van der Waals surface area (Å²) in [5.41, 5.74) is 0. The first-order valence-corrected chi connectivity index (χ1v) is 5.51. The fourth-order valence-corrected chi connectivity index (χ4v) is 1.47. The van der Waals surface area contributed by atoms with Gasteiger partial charge in [0.1, 0.15) is 6.04 Å². The van der Waals surface area contributed by atoms with Gasteiger partial charge in [-0.1, -0.05) is 13.8 Å². The molecule has 0 aliphatic carbocycles. The number of carbonyl (C=O) groups is 1. The lowest BCUT2D eigenvalue weighted by Gasteiger charge is -2.28. The molecule has 2 unspecified atom stereocenters. The number of carboxylic acids is 1. The van der Waals surface area contributed by atoms with Crippen LogP contribution in [-0.4, -0.2) is 62.4 Å². The highest BCUT2D eigenvalue weighted by Gasteiger charge is 2.23. The van der Waals surface area contributed by atoms with E-state index >= 15 is 0 Å². The van der Waals surface area contributed by atoms with Crippen LogP contribution in [0.4, 0.5) is 0 Å². The lowest BCUT2D eigenvalue weighted by molar-refractivity contribution is -0.141. The SMILES string of the molecule is COCC(NC(CN(C)C)C(C)C)C(=O)O. The predicted molar refractivity (Wildman–Crippen MR) is 63.6 cm³/mol. The summed E-state index contributed by atoms with van der Waals surface area (Å²) in [6, 6.07) is -0.497. The third-order valence-electron chi connectivity index (χ3n) is 2.41. The molecule has 2 N–H and O–H groups in total. The summed E-state index contributed by atoms with van der Waals surface area (Å²) in [6.07, 6.45) is 0. The molecular formula is C11H24N2O3. The fraction of sp³-hybridized carbons (Fsp3) is 0.909. The van der Waals surface area contributed by atoms with Gasteiger partial charge in [-0.2, -0.15) is 0 Å². The predicted octanol–water partition coefficient (Wildman–Crippen LogP) is 0.262. The summed E-state index contributed by atoms with van der Waals surface area (Å²) in [6.45, 7) is 5.15. The molecule has 96 valence electrons. The summed E-state index contributed by atoms with van der Waals surface area (Å²) in [4.78, 5) is 13.0. The molecular weight excluding hydrogens is 208 g/mol. The quantitative estimate of drug-likeness (QED) is 0.628. The Labute approximate surface area is 97.8 Å². The van der Waals surface area contributed by atoms with Crippen LogP contribution in [0.1, 0.15) is 13.8 Å². The molecule has 0 radical (unpaired) electrons. The smallest absolute Gasteiger partial charge is 0.323 e. The van der Waals surface area contributed by atoms with Gasteiger partial charge in [-0.15, -0.1) is 0 Å². The first-order valence-electron chi connectivity index (χ1n) is 5.51. The van der Waals surface area contributed by atoms with E-state index in [4.69, 9.17) is 9.84 Å². The van der Waals surface area contributed by atoms with Crippen LogP contribution in [0.15, 0.2) is 0 Å². The van der Waals surface area contributed by atoms with Crippen LogP contribution in [0.3, 0.4) is 0 Å². The van der Waals surface area contributed by atoms with Gasteiger partial charge in [0.25, 0.3) is 0 Å². The summed E-state index contributed by atoms with van der Waals surface area (Å²) >= 11 is 0. The minimum absolute atomic E-state index is 0.145. The molecule has 5 heteroatoms. The van der Waals surface area contributed by atoms with Gasteiger partial charge in [0.05, 0.1) is 6.61 Å². The number of ether oxygens (including phenoxy) is 1. The Morgan fingerprint density at radius 2 is 2.00 bits per heavy atom. The Balaban J connectivity index is 4.38. The van der Waals surface area contributed by atoms with Gasteiger partial charge >= 0.3 is 5.97 Å². The number of methoxy groups -OCH3 is 1. The summed E-state index contributed by atoms with van der Waals surface area (Å²) in [5.74, 6) is -0.493. The molecule has 0 heterocycles. The molecule has 0 fully saturated rings. The largest absolute Gasteiger partial charge is 0.480 e. The van der Waals surface area contributed by atoms with E-state index < -0.39 is 12.0 Å². The zero-order chi connectivity index (χ0) is 12.7. The van der Waals surface area contributed by atoms with Crippen molar-refractivity contribution in [1.29, 1.82) is 0 Å². The van der Waals surface area contributed by atoms with Gasteiger partial charge in [-0.05, 0) is 20.0 Å². The Morgan fingerprint density at radius 3 is 2.31 bits per heavy atom. The van der Waals surface area contributed by atoms with E-state index in [9.17, 15) is 4.79 Å². The molecule has 0 saturated heterocycles. The standard InChI is InChI=1S/C11H24N2O3/c1-8(2)9(6-13(3)4)12-10(7-16-5)11(14)15/h8-10,12H,6-7H2,1-5H3,(H,14,15). The van der Waals surface area contributed by atoms with E-state index in [0.29, 0.717) is 5.92 Å². The average Bonchev–Trinajstić information content (AvgIpc) is 2.14. The highest BCUT2D eigenvalue weighted by molar-refractivity contribution is 5.73. The van der Waals surface area contributed by atoms with Gasteiger partial charge in [-0.3, -0.25) is 10.1 Å². The van der Waals surface area contributed by atoms with E-state index in [0.717, 1.165) is 6.54 Å². The van der Waals surface area contributed by atoms with Crippen molar-refractivity contribution < 1.29 is 14.6 Å². The summed E-state index contributed by atoms with van der Waals surface area (Å²) in [5, 5.41) is 12.1. The molecule has 2 atom stereocenters. The number of carboxylic acid groups (broad SMARTS) is 1. The van der Waals surface area contributed by atoms with Crippen molar-refractivity contribution in [2.75, 3.05) is 34.4 Å². The molecule has 0 aromatic heterocycles. The monoisotopic (exact) mass is 232 g/mol. The number of hydrogen-bond acceptors (Lipinski definition) is 4. The summed E-state index contributed by atoms with van der Waals surface area (Å²) < 4.78 is 4.89. The third kappa shape index (κ3) is 6.05. The van der Waals surface area contributed by atoms with Crippen molar-refractivity contribution in [2.45, 2.75) is 25.9 Å². The highest BCUT2D eigenvalue weighted by Crippen LogP contribution is 2.04. The minimum atomic E-state index is -0.869. The Kier molecular flexibility index (Phi) is 7.29. The van der Waals surface area contributed by atoms with Gasteiger partial charge in [0.2, 0.25) is 0 Å². The number of rotatable bonds is 8. The van der Waals surface area contributed by atoms with Crippen molar-refractivity contribution >= 4 is 5.97 Å². The zero-order valence-electron chi connectivity index (χ0n) is 10.9. The maximum atomic E-state index is 11.0. The number of likely N-dealkylation sites (N-methyl/N-ethyl adjacent to an activating group) is 1. The van der Waals surface area contributed by atoms with Crippen LogP contribution in [0.5, 0.6) is 0 Å². The van der Waals surface area contributed by atoms with Crippen LogP contribution in [0.2, 0.25) is 0 Å². The number of nitrogens with zero attached hydrogens (tertiary/aromatic N) is 1. The first kappa shape index (κ1) is 15.3. The summed E-state index contributed by atoms with van der Waals surface area (Å²) in [7, 11) is 5.46. The number of hydrogen-bond donors (Lipinski definition) is 2.